The molecule has 2 aromatic heterocycles. The lowest BCUT2D eigenvalue weighted by atomic mass is 10.3. The van der Waals surface area contributed by atoms with E-state index in [1.165, 1.54) is 29.7 Å². The summed E-state index contributed by atoms with van der Waals surface area (Å²) in [4.78, 5) is 3.72. The van der Waals surface area contributed by atoms with Gasteiger partial charge in [-0.25, -0.2) is 9.67 Å². The topological polar surface area (TPSA) is 53.1 Å². The molecule has 0 aliphatic rings. The first-order valence-electron chi connectivity index (χ1n) is 4.63. The summed E-state index contributed by atoms with van der Waals surface area (Å²) in [6.45, 7) is -1.14. The van der Waals surface area contributed by atoms with Gasteiger partial charge in [-0.05, 0) is 6.07 Å². The van der Waals surface area contributed by atoms with Crippen molar-refractivity contribution in [3.05, 3.63) is 30.5 Å². The van der Waals surface area contributed by atoms with Crippen molar-refractivity contribution in [2.45, 2.75) is 12.7 Å². The van der Waals surface area contributed by atoms with Gasteiger partial charge in [0.1, 0.15) is 12.7 Å². The van der Waals surface area contributed by atoms with Gasteiger partial charge >= 0.3 is 6.18 Å². The molecule has 0 amide bonds. The van der Waals surface area contributed by atoms with Gasteiger partial charge in [-0.2, -0.15) is 18.3 Å². The van der Waals surface area contributed by atoms with Gasteiger partial charge in [0.05, 0.1) is 18.4 Å². The monoisotopic (exact) mass is 247 g/mol. The Morgan fingerprint density at radius 1 is 1.41 bits per heavy atom. The zero-order valence-electron chi connectivity index (χ0n) is 8.52. The largest absolute Gasteiger partial charge is 0.455 e. The maximum Gasteiger partial charge on any atom is 0.422 e. The van der Waals surface area contributed by atoms with Crippen LogP contribution in [0.5, 0.6) is 5.95 Å². The second-order valence-electron chi connectivity index (χ2n) is 3.23. The van der Waals surface area contributed by atoms with E-state index in [9.17, 15) is 13.2 Å². The predicted molar refractivity (Wildman–Crippen MR) is 49.4 cm³/mol. The van der Waals surface area contributed by atoms with Crippen LogP contribution >= 0.6 is 0 Å². The molecule has 0 spiro atoms. The summed E-state index contributed by atoms with van der Waals surface area (Å²) in [7, 11) is 0. The van der Waals surface area contributed by atoms with E-state index in [4.69, 9.17) is 4.42 Å². The third kappa shape index (κ3) is 3.23. The zero-order chi connectivity index (χ0) is 12.3. The van der Waals surface area contributed by atoms with Crippen LogP contribution in [0.25, 0.3) is 0 Å². The molecule has 0 unspecified atom stereocenters. The lowest BCUT2D eigenvalue weighted by Crippen LogP contribution is -2.19. The predicted octanol–water partition coefficient (Wildman–Crippen LogP) is 1.86. The summed E-state index contributed by atoms with van der Waals surface area (Å²) in [6.07, 6.45) is -0.355. The molecule has 92 valence electrons. The van der Waals surface area contributed by atoms with E-state index in [0.29, 0.717) is 5.56 Å². The molecule has 0 N–H and O–H groups in total. The summed E-state index contributed by atoms with van der Waals surface area (Å²) in [6, 6.07) is 1.52. The number of alkyl halides is 3. The SMILES string of the molecule is FC(F)(F)COc1occc1Cn1cncn1. The van der Waals surface area contributed by atoms with Crippen LogP contribution < -0.4 is 4.74 Å². The van der Waals surface area contributed by atoms with Crippen molar-refractivity contribution in [3.63, 3.8) is 0 Å². The number of aromatic nitrogens is 3. The first kappa shape index (κ1) is 11.5. The number of hydrogen-bond donors (Lipinski definition) is 0. The molecular formula is C9H8F3N3O2. The highest BCUT2D eigenvalue weighted by Gasteiger charge is 2.29. The van der Waals surface area contributed by atoms with Gasteiger partial charge < -0.3 is 9.15 Å². The van der Waals surface area contributed by atoms with Crippen molar-refractivity contribution >= 4 is 0 Å². The Morgan fingerprint density at radius 3 is 2.88 bits per heavy atom. The fourth-order valence-corrected chi connectivity index (χ4v) is 1.20. The summed E-state index contributed by atoms with van der Waals surface area (Å²) >= 11 is 0. The minimum absolute atomic E-state index is 0.155. The first-order chi connectivity index (χ1) is 8.04. The van der Waals surface area contributed by atoms with Crippen LogP contribution in [0.1, 0.15) is 5.56 Å². The molecule has 0 fully saturated rings. The smallest absolute Gasteiger partial charge is 0.422 e. The third-order valence-corrected chi connectivity index (χ3v) is 1.87. The number of nitrogens with zero attached hydrogens (tertiary/aromatic N) is 3. The minimum Gasteiger partial charge on any atom is -0.455 e. The molecule has 2 heterocycles. The van der Waals surface area contributed by atoms with E-state index in [0.717, 1.165) is 0 Å². The highest BCUT2D eigenvalue weighted by molar-refractivity contribution is 5.22. The van der Waals surface area contributed by atoms with Crippen molar-refractivity contribution in [1.82, 2.24) is 14.8 Å². The molecule has 5 nitrogen and oxygen atoms in total. The molecule has 0 bridgehead atoms. The van der Waals surface area contributed by atoms with Crippen molar-refractivity contribution in [2.24, 2.45) is 0 Å². The number of rotatable bonds is 4. The Balaban J connectivity index is 2.02. The number of hydrogen-bond acceptors (Lipinski definition) is 4. The molecule has 0 aromatic carbocycles. The van der Waals surface area contributed by atoms with Gasteiger partial charge in [0.25, 0.3) is 5.95 Å². The Labute approximate surface area is 93.8 Å². The van der Waals surface area contributed by atoms with Crippen LogP contribution in [0.3, 0.4) is 0 Å². The van der Waals surface area contributed by atoms with Crippen molar-refractivity contribution in [3.8, 4) is 5.95 Å². The maximum atomic E-state index is 12.0. The standard InChI is InChI=1S/C9H8F3N3O2/c10-9(11,12)4-17-8-7(1-2-16-8)3-15-6-13-5-14-15/h1-2,5-6H,3-4H2. The lowest BCUT2D eigenvalue weighted by molar-refractivity contribution is -0.156. The highest BCUT2D eigenvalue weighted by Crippen LogP contribution is 2.23. The fraction of sp³-hybridized carbons (Fsp3) is 0.333. The number of ether oxygens (including phenoxy) is 1. The average Bonchev–Trinajstić information content (AvgIpc) is 2.86. The van der Waals surface area contributed by atoms with Crippen molar-refractivity contribution in [2.75, 3.05) is 6.61 Å². The Hall–Kier alpha value is -1.99. The molecular weight excluding hydrogens is 239 g/mol. The Morgan fingerprint density at radius 2 is 2.24 bits per heavy atom. The van der Waals surface area contributed by atoms with Gasteiger partial charge in [-0.15, -0.1) is 0 Å². The fourth-order valence-electron chi connectivity index (χ4n) is 1.20. The summed E-state index contributed by atoms with van der Waals surface area (Å²) in [5.41, 5.74) is 0.472. The summed E-state index contributed by atoms with van der Waals surface area (Å²) in [5.74, 6) is -0.155. The van der Waals surface area contributed by atoms with Gasteiger partial charge in [0, 0.05) is 0 Å². The Bertz CT molecular complexity index is 464. The second-order valence-corrected chi connectivity index (χ2v) is 3.23. The van der Waals surface area contributed by atoms with Crippen LogP contribution in [0.15, 0.2) is 29.4 Å². The highest BCUT2D eigenvalue weighted by atomic mass is 19.4. The molecule has 0 aliphatic heterocycles. The van der Waals surface area contributed by atoms with E-state index in [-0.39, 0.29) is 12.5 Å². The van der Waals surface area contributed by atoms with Gasteiger partial charge in [-0.1, -0.05) is 0 Å². The molecule has 0 atom stereocenters. The molecule has 17 heavy (non-hydrogen) atoms. The quantitative estimate of drug-likeness (QED) is 0.827. The molecule has 0 saturated heterocycles. The Kier molecular flexibility index (Phi) is 3.03. The van der Waals surface area contributed by atoms with Crippen molar-refractivity contribution < 1.29 is 22.3 Å². The first-order valence-corrected chi connectivity index (χ1v) is 4.63. The zero-order valence-corrected chi connectivity index (χ0v) is 8.52. The van der Waals surface area contributed by atoms with E-state index in [2.05, 4.69) is 14.8 Å². The minimum atomic E-state index is -4.39. The number of furan rings is 1. The third-order valence-electron chi connectivity index (χ3n) is 1.87. The molecule has 2 rings (SSSR count). The van der Waals surface area contributed by atoms with E-state index in [1.54, 1.807) is 0 Å². The molecule has 0 saturated carbocycles. The van der Waals surface area contributed by atoms with E-state index in [1.807, 2.05) is 0 Å². The normalized spacial score (nSPS) is 11.7. The van der Waals surface area contributed by atoms with Crippen molar-refractivity contribution in [1.29, 1.82) is 0 Å². The molecule has 2 aromatic rings. The van der Waals surface area contributed by atoms with Crippen LogP contribution in [0.2, 0.25) is 0 Å². The molecule has 0 aliphatic carbocycles. The van der Waals surface area contributed by atoms with Gasteiger partial charge in [0.2, 0.25) is 0 Å². The van der Waals surface area contributed by atoms with Crippen LogP contribution in [-0.2, 0) is 6.54 Å². The van der Waals surface area contributed by atoms with Crippen LogP contribution in [-0.4, -0.2) is 27.5 Å². The maximum absolute atomic E-state index is 12.0. The molecule has 8 heteroatoms. The number of halogens is 3. The lowest BCUT2D eigenvalue weighted by Gasteiger charge is -2.08. The van der Waals surface area contributed by atoms with Crippen LogP contribution in [0.4, 0.5) is 13.2 Å². The average molecular weight is 247 g/mol. The summed E-state index contributed by atoms with van der Waals surface area (Å²) in [5, 5.41) is 3.83. The van der Waals surface area contributed by atoms with Gasteiger partial charge in [-0.3, -0.25) is 0 Å². The van der Waals surface area contributed by atoms with E-state index >= 15 is 0 Å². The second kappa shape index (κ2) is 4.48. The van der Waals surface area contributed by atoms with Gasteiger partial charge in [0.15, 0.2) is 6.61 Å². The van der Waals surface area contributed by atoms with E-state index < -0.39 is 12.8 Å². The summed E-state index contributed by atoms with van der Waals surface area (Å²) < 4.78 is 46.7. The van der Waals surface area contributed by atoms with Crippen LogP contribution in [0, 0.1) is 0 Å². The molecule has 0 radical (unpaired) electrons.